The van der Waals surface area contributed by atoms with Crippen molar-refractivity contribution in [3.63, 3.8) is 0 Å². The van der Waals surface area contributed by atoms with Crippen LogP contribution in [0.2, 0.25) is 0 Å². The van der Waals surface area contributed by atoms with E-state index in [9.17, 15) is 0 Å². The summed E-state index contributed by atoms with van der Waals surface area (Å²) in [6.45, 7) is 23.0. The second kappa shape index (κ2) is 14.4. The van der Waals surface area contributed by atoms with Crippen molar-refractivity contribution in [3.8, 4) is 23.0 Å². The van der Waals surface area contributed by atoms with Gasteiger partial charge in [-0.15, -0.1) is 0 Å². The Hall–Kier alpha value is -4.64. The number of benzene rings is 3. The molecule has 3 aromatic carbocycles. The highest BCUT2D eigenvalue weighted by Gasteiger charge is 2.36. The fourth-order valence-electron chi connectivity index (χ4n) is 8.73. The van der Waals surface area contributed by atoms with Crippen molar-refractivity contribution in [3.05, 3.63) is 119 Å². The van der Waals surface area contributed by atoms with Gasteiger partial charge in [-0.3, -0.25) is 4.57 Å². The van der Waals surface area contributed by atoms with E-state index in [2.05, 4.69) is 157 Å². The van der Waals surface area contributed by atoms with Crippen LogP contribution in [-0.2, 0) is 6.42 Å². The largest absolute Gasteiger partial charge is 0.457 e. The van der Waals surface area contributed by atoms with Crippen LogP contribution in [-0.4, -0.2) is 19.3 Å². The van der Waals surface area contributed by atoms with Crippen molar-refractivity contribution >= 4 is 21.8 Å². The monoisotopic (exact) mass is 692 g/mol. The van der Waals surface area contributed by atoms with E-state index in [1.807, 2.05) is 6.20 Å². The third-order valence-corrected chi connectivity index (χ3v) is 11.2. The molecule has 0 bridgehead atoms. The Kier molecular flexibility index (Phi) is 9.91. The van der Waals surface area contributed by atoms with Crippen LogP contribution < -0.4 is 4.74 Å². The van der Waals surface area contributed by atoms with Gasteiger partial charge in [0.05, 0.1) is 22.4 Å². The van der Waals surface area contributed by atoms with E-state index in [-0.39, 0.29) is 0 Å². The maximum absolute atomic E-state index is 6.81. The van der Waals surface area contributed by atoms with Crippen LogP contribution in [0.25, 0.3) is 33.3 Å². The molecule has 2 atom stereocenters. The van der Waals surface area contributed by atoms with Crippen molar-refractivity contribution in [2.75, 3.05) is 0 Å². The Morgan fingerprint density at radius 1 is 0.788 bits per heavy atom. The summed E-state index contributed by atoms with van der Waals surface area (Å²) in [6, 6.07) is 26.1. The zero-order valence-corrected chi connectivity index (χ0v) is 32.9. The molecule has 0 N–H and O–H groups in total. The van der Waals surface area contributed by atoms with Gasteiger partial charge in [-0.2, -0.15) is 5.10 Å². The quantitative estimate of drug-likeness (QED) is 0.134. The van der Waals surface area contributed by atoms with E-state index in [0.717, 1.165) is 46.2 Å². The van der Waals surface area contributed by atoms with Gasteiger partial charge in [-0.25, -0.2) is 9.67 Å². The van der Waals surface area contributed by atoms with Crippen LogP contribution in [0.3, 0.4) is 0 Å². The minimum atomic E-state index is 0.326. The molecule has 0 saturated heterocycles. The highest BCUT2D eigenvalue weighted by molar-refractivity contribution is 6.09. The highest BCUT2D eigenvalue weighted by Crippen LogP contribution is 2.47. The van der Waals surface area contributed by atoms with Crippen molar-refractivity contribution in [1.29, 1.82) is 0 Å². The number of hydrogen-bond acceptors (Lipinski definition) is 3. The Morgan fingerprint density at radius 2 is 1.56 bits per heavy atom. The van der Waals surface area contributed by atoms with Crippen molar-refractivity contribution in [2.45, 2.75) is 100 Å². The maximum Gasteiger partial charge on any atom is 0.137 e. The van der Waals surface area contributed by atoms with Crippen LogP contribution in [0, 0.1) is 37.5 Å². The summed E-state index contributed by atoms with van der Waals surface area (Å²) in [5.41, 5.74) is 11.1. The second-order valence-corrected chi connectivity index (χ2v) is 16.5. The number of ether oxygens (including phenoxy) is 1. The van der Waals surface area contributed by atoms with Gasteiger partial charge in [0.1, 0.15) is 17.3 Å². The molecule has 1 aliphatic carbocycles. The molecule has 1 unspecified atom stereocenters. The second-order valence-electron chi connectivity index (χ2n) is 16.5. The van der Waals surface area contributed by atoms with Crippen LogP contribution in [0.15, 0.2) is 90.6 Å². The van der Waals surface area contributed by atoms with Gasteiger partial charge < -0.3 is 4.74 Å². The van der Waals surface area contributed by atoms with Crippen LogP contribution in [0.5, 0.6) is 11.5 Å². The van der Waals surface area contributed by atoms with Crippen LogP contribution >= 0.6 is 0 Å². The minimum Gasteiger partial charge on any atom is -0.457 e. The topological polar surface area (TPSA) is 44.9 Å². The normalized spacial score (nSPS) is 16.6. The summed E-state index contributed by atoms with van der Waals surface area (Å²) in [6.07, 6.45) is 7.87. The molecule has 0 amide bonds. The van der Waals surface area contributed by atoms with Gasteiger partial charge in [0, 0.05) is 46.3 Å². The number of aromatic nitrogens is 4. The SMILES string of the molecule is Cc1nn(-c2cc(Oc3ccc4c5ccccc5n(-c5cc(CC(C)C)ccn5)c4c3)cc(C(C)C)c2)c(C)c1C1C(C(C)C)=CCC[C@@H]1C(C)C. The Bertz CT molecular complexity index is 2260. The van der Waals surface area contributed by atoms with Gasteiger partial charge in [0.2, 0.25) is 0 Å². The number of fused-ring (bicyclic) bond motifs is 3. The van der Waals surface area contributed by atoms with Crippen molar-refractivity contribution < 1.29 is 4.74 Å². The molecule has 3 aromatic heterocycles. The van der Waals surface area contributed by atoms with E-state index >= 15 is 0 Å². The number of rotatable bonds is 10. The average Bonchev–Trinajstić information content (AvgIpc) is 3.59. The molecule has 0 radical (unpaired) electrons. The maximum atomic E-state index is 6.81. The summed E-state index contributed by atoms with van der Waals surface area (Å²) in [4.78, 5) is 4.87. The lowest BCUT2D eigenvalue weighted by molar-refractivity contribution is 0.297. The van der Waals surface area contributed by atoms with E-state index in [4.69, 9.17) is 14.8 Å². The third kappa shape index (κ3) is 6.71. The zero-order chi connectivity index (χ0) is 36.8. The first-order valence-electron chi connectivity index (χ1n) is 19.5. The molecule has 7 rings (SSSR count). The molecule has 5 heteroatoms. The Balaban J connectivity index is 1.31. The van der Waals surface area contributed by atoms with Gasteiger partial charge in [0.15, 0.2) is 0 Å². The van der Waals surface area contributed by atoms with Crippen molar-refractivity contribution in [1.82, 2.24) is 19.3 Å². The number of nitrogens with zero attached hydrogens (tertiary/aromatic N) is 4. The highest BCUT2D eigenvalue weighted by atomic mass is 16.5. The zero-order valence-electron chi connectivity index (χ0n) is 32.9. The summed E-state index contributed by atoms with van der Waals surface area (Å²) in [5.74, 6) is 5.55. The average molecular weight is 693 g/mol. The lowest BCUT2D eigenvalue weighted by Gasteiger charge is -2.37. The molecule has 0 saturated carbocycles. The van der Waals surface area contributed by atoms with Crippen LogP contribution in [0.4, 0.5) is 0 Å². The molecular formula is C47H56N4O. The van der Waals surface area contributed by atoms with E-state index in [1.165, 1.54) is 46.0 Å². The predicted octanol–water partition coefficient (Wildman–Crippen LogP) is 12.8. The first-order valence-corrected chi connectivity index (χ1v) is 19.5. The van der Waals surface area contributed by atoms with E-state index in [1.54, 1.807) is 5.57 Å². The molecule has 0 aliphatic heterocycles. The summed E-state index contributed by atoms with van der Waals surface area (Å²) in [7, 11) is 0. The number of aryl methyl sites for hydroxylation is 1. The number of para-hydroxylation sites is 1. The summed E-state index contributed by atoms with van der Waals surface area (Å²) >= 11 is 0. The molecule has 0 spiro atoms. The van der Waals surface area contributed by atoms with E-state index in [0.29, 0.717) is 35.5 Å². The summed E-state index contributed by atoms with van der Waals surface area (Å²) < 4.78 is 11.3. The minimum absolute atomic E-state index is 0.326. The molecule has 5 nitrogen and oxygen atoms in total. The van der Waals surface area contributed by atoms with Gasteiger partial charge in [0.25, 0.3) is 0 Å². The lowest BCUT2D eigenvalue weighted by atomic mass is 9.67. The van der Waals surface area contributed by atoms with Gasteiger partial charge in [-0.1, -0.05) is 85.2 Å². The van der Waals surface area contributed by atoms with Gasteiger partial charge in [-0.05, 0) is 116 Å². The third-order valence-electron chi connectivity index (χ3n) is 11.2. The molecule has 270 valence electrons. The molecule has 52 heavy (non-hydrogen) atoms. The fraction of sp³-hybridized carbons (Fsp3) is 0.404. The molecular weight excluding hydrogens is 637 g/mol. The molecule has 1 aliphatic rings. The standard InChI is InChI=1S/C47H56N4O/c1-28(2)22-34-20-21-48-45(23-34)50-43-17-12-11-14-41(43)42-19-18-37(27-44(42)50)52-38-25-35(29(3)4)24-36(26-38)51-33(10)46(32(9)49-51)47-39(30(5)6)15-13-16-40(47)31(7)8/h11-12,14-15,17-21,23-31,40,47H,13,16,22H2,1-10H3/t40-,47?/m1/s1. The Morgan fingerprint density at radius 3 is 2.29 bits per heavy atom. The smallest absolute Gasteiger partial charge is 0.137 e. The molecule has 6 aromatic rings. The number of allylic oxidation sites excluding steroid dienone is 2. The molecule has 3 heterocycles. The number of pyridine rings is 1. The van der Waals surface area contributed by atoms with E-state index < -0.39 is 0 Å². The fourth-order valence-corrected chi connectivity index (χ4v) is 8.73. The summed E-state index contributed by atoms with van der Waals surface area (Å²) in [5, 5.41) is 7.64. The number of hydrogen-bond donors (Lipinski definition) is 0. The van der Waals surface area contributed by atoms with Gasteiger partial charge >= 0.3 is 0 Å². The lowest BCUT2D eigenvalue weighted by Crippen LogP contribution is -2.26. The Labute approximate surface area is 310 Å². The first kappa shape index (κ1) is 35.7. The predicted molar refractivity (Wildman–Crippen MR) is 218 cm³/mol. The first-order chi connectivity index (χ1) is 24.9. The van der Waals surface area contributed by atoms with Crippen molar-refractivity contribution in [2.24, 2.45) is 23.7 Å². The molecule has 0 fully saturated rings. The van der Waals surface area contributed by atoms with Crippen LogP contribution in [0.1, 0.15) is 108 Å².